The van der Waals surface area contributed by atoms with Crippen LogP contribution in [0.3, 0.4) is 0 Å². The van der Waals surface area contributed by atoms with Gasteiger partial charge in [-0.3, -0.25) is 0 Å². The zero-order valence-electron chi connectivity index (χ0n) is 18.2. The number of aromatic nitrogens is 1. The Balaban J connectivity index is 1.98. The molecule has 1 aliphatic carbocycles. The molecule has 1 aliphatic rings. The SMILES string of the molecule is C=CNC(=S)c1ccn(C2CC(CC[C@H](C)[P+](=C)C(C=C)CC)CC2C)c1C. The van der Waals surface area contributed by atoms with Crippen LogP contribution in [0.1, 0.15) is 70.2 Å². The molecule has 154 valence electrons. The third kappa shape index (κ3) is 5.24. The minimum absolute atomic E-state index is 0.207. The quantitative estimate of drug-likeness (QED) is 0.255. The monoisotopic (exact) mass is 417 g/mol. The minimum atomic E-state index is -0.207. The van der Waals surface area contributed by atoms with Crippen molar-refractivity contribution in [1.82, 2.24) is 9.88 Å². The fourth-order valence-corrected chi connectivity index (χ4v) is 6.95. The smallest absolute Gasteiger partial charge is 0.133 e. The lowest BCUT2D eigenvalue weighted by Crippen LogP contribution is -2.18. The number of allylic oxidation sites excluding steroid dienone is 1. The van der Waals surface area contributed by atoms with E-state index in [4.69, 9.17) is 12.2 Å². The predicted molar refractivity (Wildman–Crippen MR) is 132 cm³/mol. The van der Waals surface area contributed by atoms with Gasteiger partial charge in [0.05, 0.1) is 13.8 Å². The molecule has 1 aromatic heterocycles. The minimum Gasteiger partial charge on any atom is -0.353 e. The molecule has 0 saturated heterocycles. The zero-order valence-corrected chi connectivity index (χ0v) is 19.9. The van der Waals surface area contributed by atoms with Crippen molar-refractivity contribution in [3.05, 3.63) is 49.0 Å². The van der Waals surface area contributed by atoms with Crippen molar-refractivity contribution in [2.45, 2.75) is 77.2 Å². The summed E-state index contributed by atoms with van der Waals surface area (Å²) in [6, 6.07) is 2.73. The van der Waals surface area contributed by atoms with Gasteiger partial charge in [0.1, 0.15) is 16.3 Å². The molecule has 0 aliphatic heterocycles. The number of hydrogen-bond donors (Lipinski definition) is 1. The summed E-state index contributed by atoms with van der Waals surface area (Å²) in [5.74, 6) is 1.52. The second-order valence-electron chi connectivity index (χ2n) is 8.43. The molecule has 1 aromatic rings. The average Bonchev–Trinajstić information content (AvgIpc) is 3.22. The first-order valence-corrected chi connectivity index (χ1v) is 12.7. The first-order chi connectivity index (χ1) is 13.3. The molecule has 28 heavy (non-hydrogen) atoms. The first-order valence-electron chi connectivity index (χ1n) is 10.6. The van der Waals surface area contributed by atoms with Gasteiger partial charge in [0.2, 0.25) is 0 Å². The van der Waals surface area contributed by atoms with Crippen LogP contribution in [0.15, 0.2) is 37.7 Å². The molecule has 0 aromatic carbocycles. The van der Waals surface area contributed by atoms with E-state index in [9.17, 15) is 0 Å². The molecule has 2 nitrogen and oxygen atoms in total. The predicted octanol–water partition coefficient (Wildman–Crippen LogP) is 6.84. The summed E-state index contributed by atoms with van der Waals surface area (Å²) in [6.07, 6.45) is 16.9. The standard InChI is InChI=1S/C24H37N2PS/c1-8-21(9-2)27(7)18(5)11-12-20-15-17(4)23(16-20)26-14-13-22(19(26)6)24(28)25-10-3/h8,10,13-14,17-18,20-21,23H,1,3,7,9,11-12,15-16H2,2,4-6H3/p+1/t17?,18-,20?,21?,23?/m0/s1. The lowest BCUT2D eigenvalue weighted by atomic mass is 9.99. The van der Waals surface area contributed by atoms with Crippen LogP contribution in [0, 0.1) is 18.8 Å². The van der Waals surface area contributed by atoms with E-state index in [2.05, 4.69) is 75.4 Å². The van der Waals surface area contributed by atoms with Gasteiger partial charge >= 0.3 is 0 Å². The first kappa shape index (κ1) is 23.1. The summed E-state index contributed by atoms with van der Waals surface area (Å²) in [5, 5.41) is 3.06. The maximum absolute atomic E-state index is 5.48. The molecule has 1 N–H and O–H groups in total. The average molecular weight is 418 g/mol. The lowest BCUT2D eigenvalue weighted by molar-refractivity contribution is 0.401. The van der Waals surface area contributed by atoms with E-state index in [-0.39, 0.29) is 7.55 Å². The number of nitrogens with one attached hydrogen (secondary N) is 1. The van der Waals surface area contributed by atoms with E-state index in [1.165, 1.54) is 37.8 Å². The van der Waals surface area contributed by atoms with Crippen LogP contribution in [0.25, 0.3) is 0 Å². The maximum Gasteiger partial charge on any atom is 0.133 e. The Morgan fingerprint density at radius 1 is 1.43 bits per heavy atom. The van der Waals surface area contributed by atoms with Gasteiger partial charge in [0, 0.05) is 23.5 Å². The van der Waals surface area contributed by atoms with Crippen molar-refractivity contribution in [3.8, 4) is 0 Å². The normalized spacial score (nSPS) is 24.4. The van der Waals surface area contributed by atoms with Crippen molar-refractivity contribution in [3.63, 3.8) is 0 Å². The fourth-order valence-electron chi connectivity index (χ4n) is 4.78. The molecule has 6 atom stereocenters. The Hall–Kier alpha value is -1.18. The highest BCUT2D eigenvalue weighted by Gasteiger charge is 2.34. The largest absolute Gasteiger partial charge is 0.353 e. The van der Waals surface area contributed by atoms with E-state index < -0.39 is 0 Å². The third-order valence-corrected chi connectivity index (χ3v) is 9.78. The summed E-state index contributed by atoms with van der Waals surface area (Å²) in [6.45, 7) is 17.0. The summed E-state index contributed by atoms with van der Waals surface area (Å²) in [5.41, 5.74) is 3.71. The van der Waals surface area contributed by atoms with Crippen LogP contribution < -0.4 is 5.32 Å². The highest BCUT2D eigenvalue weighted by Crippen LogP contribution is 2.45. The number of hydrogen-bond acceptors (Lipinski definition) is 1. The summed E-state index contributed by atoms with van der Waals surface area (Å²) in [7, 11) is -0.207. The second-order valence-corrected chi connectivity index (χ2v) is 11.4. The zero-order chi connectivity index (χ0) is 20.8. The molecule has 0 amide bonds. The molecule has 1 saturated carbocycles. The van der Waals surface area contributed by atoms with Gasteiger partial charge in [-0.05, 0) is 76.1 Å². The van der Waals surface area contributed by atoms with Gasteiger partial charge < -0.3 is 9.88 Å². The van der Waals surface area contributed by atoms with Crippen molar-refractivity contribution < 1.29 is 0 Å². The number of nitrogens with zero attached hydrogens (tertiary/aromatic N) is 1. The Kier molecular flexibility index (Phi) is 8.71. The van der Waals surface area contributed by atoms with Gasteiger partial charge in [-0.1, -0.05) is 39.2 Å². The highest BCUT2D eigenvalue weighted by atomic mass is 32.1. The highest BCUT2D eigenvalue weighted by molar-refractivity contribution is 7.80. The maximum atomic E-state index is 5.48. The van der Waals surface area contributed by atoms with Crippen LogP contribution in [-0.2, 0) is 0 Å². The van der Waals surface area contributed by atoms with Gasteiger partial charge in [0.25, 0.3) is 0 Å². The van der Waals surface area contributed by atoms with Crippen molar-refractivity contribution in [1.29, 1.82) is 0 Å². The summed E-state index contributed by atoms with van der Waals surface area (Å²) in [4.78, 5) is 0.763. The summed E-state index contributed by atoms with van der Waals surface area (Å²) >= 11 is 5.48. The van der Waals surface area contributed by atoms with Crippen LogP contribution in [0.4, 0.5) is 0 Å². The topological polar surface area (TPSA) is 17.0 Å². The van der Waals surface area contributed by atoms with Crippen LogP contribution in [0.2, 0.25) is 0 Å². The molecule has 1 heterocycles. The van der Waals surface area contributed by atoms with Crippen molar-refractivity contribution in [2.24, 2.45) is 11.8 Å². The second kappa shape index (κ2) is 10.6. The van der Waals surface area contributed by atoms with Gasteiger partial charge in [-0.25, -0.2) is 0 Å². The molecular formula is C24H38N2PS+. The number of rotatable bonds is 10. The van der Waals surface area contributed by atoms with E-state index in [0.717, 1.165) is 22.1 Å². The van der Waals surface area contributed by atoms with E-state index in [0.29, 0.717) is 17.6 Å². The molecule has 2 rings (SSSR count). The van der Waals surface area contributed by atoms with Gasteiger partial charge in [-0.15, -0.1) is 0 Å². The molecule has 1 fully saturated rings. The molecule has 0 radical (unpaired) electrons. The Labute approximate surface area is 178 Å². The fraction of sp³-hybridized carbons (Fsp3) is 0.583. The molecule has 0 bridgehead atoms. The van der Waals surface area contributed by atoms with Crippen LogP contribution in [-0.4, -0.2) is 27.2 Å². The molecule has 4 heteroatoms. The van der Waals surface area contributed by atoms with Crippen molar-refractivity contribution >= 4 is 31.1 Å². The van der Waals surface area contributed by atoms with Gasteiger partial charge in [-0.2, -0.15) is 0 Å². The number of thiocarbonyl (C=S) groups is 1. The molecule has 0 spiro atoms. The van der Waals surface area contributed by atoms with Crippen LogP contribution in [0.5, 0.6) is 0 Å². The Morgan fingerprint density at radius 3 is 2.75 bits per heavy atom. The Morgan fingerprint density at radius 2 is 2.14 bits per heavy atom. The molecular weight excluding hydrogens is 379 g/mol. The third-order valence-electron chi connectivity index (χ3n) is 6.63. The lowest BCUT2D eigenvalue weighted by Gasteiger charge is -2.20. The van der Waals surface area contributed by atoms with Crippen LogP contribution >= 0.6 is 19.8 Å². The summed E-state index contributed by atoms with van der Waals surface area (Å²) < 4.78 is 2.46. The van der Waals surface area contributed by atoms with E-state index in [1.807, 2.05) is 0 Å². The van der Waals surface area contributed by atoms with Crippen molar-refractivity contribution in [2.75, 3.05) is 0 Å². The molecule has 5 unspecified atom stereocenters. The van der Waals surface area contributed by atoms with Gasteiger partial charge in [0.15, 0.2) is 0 Å². The van der Waals surface area contributed by atoms with E-state index in [1.54, 1.807) is 6.20 Å². The van der Waals surface area contributed by atoms with E-state index >= 15 is 0 Å². The Bertz CT molecular complexity index is 720.